The first-order valence-electron chi connectivity index (χ1n) is 13.3. The molecule has 6 rings (SSSR count). The number of benzene rings is 2. The zero-order valence-electron chi connectivity index (χ0n) is 20.5. The maximum absolute atomic E-state index is 13.0. The quantitative estimate of drug-likeness (QED) is 0.652. The van der Waals surface area contributed by atoms with Gasteiger partial charge in [0.25, 0.3) is 5.91 Å². The van der Waals surface area contributed by atoms with E-state index in [9.17, 15) is 14.4 Å². The van der Waals surface area contributed by atoms with Crippen LogP contribution < -0.4 is 10.1 Å². The number of amides is 3. The van der Waals surface area contributed by atoms with Gasteiger partial charge in [-0.1, -0.05) is 36.8 Å². The van der Waals surface area contributed by atoms with Crippen LogP contribution in [-0.4, -0.2) is 58.8 Å². The first-order chi connectivity index (χ1) is 17.6. The van der Waals surface area contributed by atoms with Crippen molar-refractivity contribution in [3.63, 3.8) is 0 Å². The van der Waals surface area contributed by atoms with Crippen molar-refractivity contribution in [2.45, 2.75) is 75.6 Å². The predicted molar refractivity (Wildman–Crippen MR) is 135 cm³/mol. The van der Waals surface area contributed by atoms with Crippen LogP contribution in [-0.2, 0) is 16.1 Å². The number of ether oxygens (including phenoxy) is 1. The van der Waals surface area contributed by atoms with Gasteiger partial charge in [-0.3, -0.25) is 24.6 Å². The molecule has 2 aromatic carbocycles. The van der Waals surface area contributed by atoms with Crippen LogP contribution in [0.25, 0.3) is 0 Å². The van der Waals surface area contributed by atoms with Crippen LogP contribution in [0.15, 0.2) is 48.5 Å². The van der Waals surface area contributed by atoms with Crippen LogP contribution in [0.2, 0.25) is 0 Å². The number of imide groups is 1. The SMILES string of the molecule is O=C1CCC(N2Cc3cc(O[C@@H]4CCCC[C@@H]4N4CCC(c5ccccc5)C4)ccc3C2=O)C(=O)N1. The van der Waals surface area contributed by atoms with Gasteiger partial charge in [0.1, 0.15) is 17.9 Å². The molecule has 1 N–H and O–H groups in total. The van der Waals surface area contributed by atoms with Crippen molar-refractivity contribution in [2.24, 2.45) is 0 Å². The monoisotopic (exact) mass is 487 g/mol. The summed E-state index contributed by atoms with van der Waals surface area (Å²) in [6.07, 6.45) is 6.54. The first-order valence-corrected chi connectivity index (χ1v) is 13.3. The van der Waals surface area contributed by atoms with E-state index in [2.05, 4.69) is 40.5 Å². The van der Waals surface area contributed by atoms with Crippen LogP contribution in [0.1, 0.15) is 72.3 Å². The van der Waals surface area contributed by atoms with E-state index in [1.165, 1.54) is 24.8 Å². The second-order valence-corrected chi connectivity index (χ2v) is 10.6. The third kappa shape index (κ3) is 4.41. The Morgan fingerprint density at radius 3 is 2.58 bits per heavy atom. The molecule has 0 radical (unpaired) electrons. The first kappa shape index (κ1) is 23.2. The summed E-state index contributed by atoms with van der Waals surface area (Å²) in [4.78, 5) is 41.1. The smallest absolute Gasteiger partial charge is 0.255 e. The van der Waals surface area contributed by atoms with Crippen molar-refractivity contribution < 1.29 is 19.1 Å². The number of piperidine rings is 1. The average Bonchev–Trinajstić information content (AvgIpc) is 3.50. The zero-order chi connectivity index (χ0) is 24.6. The zero-order valence-corrected chi connectivity index (χ0v) is 20.5. The van der Waals surface area contributed by atoms with Gasteiger partial charge in [0, 0.05) is 31.1 Å². The lowest BCUT2D eigenvalue weighted by Crippen LogP contribution is -2.52. The Balaban J connectivity index is 1.14. The molecule has 0 spiro atoms. The van der Waals surface area contributed by atoms with E-state index in [0.29, 0.717) is 30.5 Å². The lowest BCUT2D eigenvalue weighted by molar-refractivity contribution is -0.136. The topological polar surface area (TPSA) is 79.0 Å². The van der Waals surface area contributed by atoms with E-state index in [0.717, 1.165) is 37.2 Å². The minimum atomic E-state index is -0.595. The van der Waals surface area contributed by atoms with Crippen LogP contribution in [0.3, 0.4) is 0 Å². The molecule has 188 valence electrons. The fourth-order valence-corrected chi connectivity index (χ4v) is 6.52. The van der Waals surface area contributed by atoms with Crippen molar-refractivity contribution in [1.29, 1.82) is 0 Å². The van der Waals surface area contributed by atoms with E-state index < -0.39 is 6.04 Å². The highest BCUT2D eigenvalue weighted by Gasteiger charge is 2.40. The molecule has 7 nitrogen and oxygen atoms in total. The Hall–Kier alpha value is -3.19. The third-order valence-electron chi connectivity index (χ3n) is 8.41. The predicted octanol–water partition coefficient (Wildman–Crippen LogP) is 3.63. The number of carbonyl (C=O) groups is 3. The molecule has 2 unspecified atom stereocenters. The summed E-state index contributed by atoms with van der Waals surface area (Å²) >= 11 is 0. The standard InChI is InChI=1S/C29H33N3O4/c33-27-13-12-25(28(34)30-27)32-18-21-16-22(10-11-23(21)29(32)35)36-26-9-5-4-8-24(26)31-15-14-20(17-31)19-6-2-1-3-7-19/h1-3,6-7,10-11,16,20,24-26H,4-5,8-9,12-15,17-18H2,(H,30,33,34)/t20?,24-,25?,26+/m0/s1. The molecule has 3 fully saturated rings. The molecule has 4 aliphatic rings. The molecule has 3 heterocycles. The highest BCUT2D eigenvalue weighted by molar-refractivity contribution is 6.05. The summed E-state index contributed by atoms with van der Waals surface area (Å²) in [5, 5.41) is 2.36. The number of nitrogens with zero attached hydrogens (tertiary/aromatic N) is 2. The van der Waals surface area contributed by atoms with Crippen molar-refractivity contribution in [3.8, 4) is 5.75 Å². The Morgan fingerprint density at radius 1 is 0.917 bits per heavy atom. The molecule has 0 aromatic heterocycles. The second kappa shape index (κ2) is 9.69. The fraction of sp³-hybridized carbons (Fsp3) is 0.483. The molecule has 1 aliphatic carbocycles. The van der Waals surface area contributed by atoms with E-state index in [-0.39, 0.29) is 30.2 Å². The van der Waals surface area contributed by atoms with E-state index in [4.69, 9.17) is 4.74 Å². The lowest BCUT2D eigenvalue weighted by atomic mass is 9.91. The third-order valence-corrected chi connectivity index (χ3v) is 8.41. The van der Waals surface area contributed by atoms with Crippen LogP contribution in [0, 0.1) is 0 Å². The number of nitrogens with one attached hydrogen (secondary N) is 1. The molecular formula is C29H33N3O4. The Morgan fingerprint density at radius 2 is 1.75 bits per heavy atom. The molecule has 0 bridgehead atoms. The van der Waals surface area contributed by atoms with Gasteiger partial charge in [-0.25, -0.2) is 0 Å². The molecule has 2 saturated heterocycles. The van der Waals surface area contributed by atoms with Crippen molar-refractivity contribution in [1.82, 2.24) is 15.1 Å². The van der Waals surface area contributed by atoms with Gasteiger partial charge in [0.15, 0.2) is 0 Å². The summed E-state index contributed by atoms with van der Waals surface area (Å²) in [6, 6.07) is 16.3. The van der Waals surface area contributed by atoms with Gasteiger partial charge in [-0.2, -0.15) is 0 Å². The molecule has 4 atom stereocenters. The van der Waals surface area contributed by atoms with Gasteiger partial charge < -0.3 is 9.64 Å². The van der Waals surface area contributed by atoms with Crippen molar-refractivity contribution in [2.75, 3.05) is 13.1 Å². The summed E-state index contributed by atoms with van der Waals surface area (Å²) in [6.45, 7) is 2.55. The maximum Gasteiger partial charge on any atom is 0.255 e. The summed E-state index contributed by atoms with van der Waals surface area (Å²) < 4.78 is 6.60. The number of hydrogen-bond donors (Lipinski definition) is 1. The minimum absolute atomic E-state index is 0.134. The summed E-state index contributed by atoms with van der Waals surface area (Å²) in [5.74, 6) is 0.575. The summed E-state index contributed by atoms with van der Waals surface area (Å²) in [5.41, 5.74) is 2.94. The normalized spacial score (nSPS) is 28.8. The average molecular weight is 488 g/mol. The highest BCUT2D eigenvalue weighted by Crippen LogP contribution is 2.36. The molecule has 3 amide bonds. The molecule has 36 heavy (non-hydrogen) atoms. The van der Waals surface area contributed by atoms with Crippen LogP contribution in [0.5, 0.6) is 5.75 Å². The fourth-order valence-electron chi connectivity index (χ4n) is 6.52. The molecule has 2 aromatic rings. The van der Waals surface area contributed by atoms with E-state index in [1.807, 2.05) is 18.2 Å². The molecule has 3 aliphatic heterocycles. The van der Waals surface area contributed by atoms with Crippen molar-refractivity contribution >= 4 is 17.7 Å². The van der Waals surface area contributed by atoms with Crippen molar-refractivity contribution in [3.05, 3.63) is 65.2 Å². The maximum atomic E-state index is 13.0. The Kier molecular flexibility index (Phi) is 6.25. The van der Waals surface area contributed by atoms with Gasteiger partial charge >= 0.3 is 0 Å². The van der Waals surface area contributed by atoms with Crippen LogP contribution in [0.4, 0.5) is 0 Å². The number of carbonyl (C=O) groups excluding carboxylic acids is 3. The number of rotatable bonds is 5. The summed E-state index contributed by atoms with van der Waals surface area (Å²) in [7, 11) is 0. The largest absolute Gasteiger partial charge is 0.489 e. The van der Waals surface area contributed by atoms with Gasteiger partial charge in [0.05, 0.1) is 0 Å². The Labute approximate surface area is 211 Å². The minimum Gasteiger partial charge on any atom is -0.489 e. The highest BCUT2D eigenvalue weighted by atomic mass is 16.5. The molecule has 7 heteroatoms. The number of likely N-dealkylation sites (tertiary alicyclic amines) is 1. The van der Waals surface area contributed by atoms with Gasteiger partial charge in [-0.15, -0.1) is 0 Å². The Bertz CT molecular complexity index is 1170. The number of fused-ring (bicyclic) bond motifs is 1. The van der Waals surface area contributed by atoms with E-state index in [1.54, 1.807) is 4.90 Å². The second-order valence-electron chi connectivity index (χ2n) is 10.6. The van der Waals surface area contributed by atoms with Gasteiger partial charge in [-0.05, 0) is 73.9 Å². The van der Waals surface area contributed by atoms with Crippen LogP contribution >= 0.6 is 0 Å². The molecular weight excluding hydrogens is 454 g/mol. The lowest BCUT2D eigenvalue weighted by Gasteiger charge is -2.38. The van der Waals surface area contributed by atoms with E-state index >= 15 is 0 Å². The molecule has 1 saturated carbocycles. The van der Waals surface area contributed by atoms with Gasteiger partial charge in [0.2, 0.25) is 11.8 Å². The number of hydrogen-bond acceptors (Lipinski definition) is 5.